The summed E-state index contributed by atoms with van der Waals surface area (Å²) in [4.78, 5) is 10.7. The zero-order chi connectivity index (χ0) is 30.8. The van der Waals surface area contributed by atoms with Crippen LogP contribution in [0.25, 0.3) is 27.6 Å². The second-order valence-corrected chi connectivity index (χ2v) is 11.5. The Hall–Kier alpha value is -4.61. The molecule has 5 heteroatoms. The highest BCUT2D eigenvalue weighted by molar-refractivity contribution is 6.09. The SMILES string of the molecule is [2H]C([2H])([2H])N1ON(c2cccc(C(C)(C)c3ccc4c5ccccc5n(-c5cc(C(C)C)ccn5)c4c3)c2)c2ccccc21. The van der Waals surface area contributed by atoms with E-state index < -0.39 is 6.98 Å². The van der Waals surface area contributed by atoms with Gasteiger partial charge in [0.1, 0.15) is 5.82 Å². The van der Waals surface area contributed by atoms with Crippen molar-refractivity contribution in [2.24, 2.45) is 0 Å². The number of rotatable bonds is 5. The monoisotopic (exact) mass is 541 g/mol. The summed E-state index contributed by atoms with van der Waals surface area (Å²) in [5.41, 5.74) is 7.25. The molecule has 5 nitrogen and oxygen atoms in total. The molecule has 4 aromatic carbocycles. The Labute approximate surface area is 245 Å². The molecule has 0 radical (unpaired) electrons. The minimum atomic E-state index is -2.45. The zero-order valence-corrected chi connectivity index (χ0v) is 23.7. The summed E-state index contributed by atoms with van der Waals surface area (Å²) in [6.07, 6.45) is 1.90. The molecule has 41 heavy (non-hydrogen) atoms. The van der Waals surface area contributed by atoms with Crippen LogP contribution in [0.5, 0.6) is 0 Å². The molecule has 0 N–H and O–H groups in total. The Bertz CT molecular complexity index is 2030. The molecule has 1 aliphatic heterocycles. The number of para-hydroxylation sites is 3. The summed E-state index contributed by atoms with van der Waals surface area (Å²) in [5, 5.41) is 4.96. The molecular formula is C36H34N4O. The minimum absolute atomic E-state index is 0.387. The van der Waals surface area contributed by atoms with Gasteiger partial charge >= 0.3 is 0 Å². The smallest absolute Gasteiger partial charge is 0.137 e. The highest BCUT2D eigenvalue weighted by Crippen LogP contribution is 2.43. The van der Waals surface area contributed by atoms with E-state index >= 15 is 0 Å². The highest BCUT2D eigenvalue weighted by Gasteiger charge is 2.29. The van der Waals surface area contributed by atoms with Crippen molar-refractivity contribution in [2.45, 2.75) is 39.0 Å². The number of aromatic nitrogens is 2. The molecular weight excluding hydrogens is 504 g/mol. The maximum atomic E-state index is 7.99. The quantitative estimate of drug-likeness (QED) is 0.218. The van der Waals surface area contributed by atoms with Crippen LogP contribution in [0.4, 0.5) is 17.1 Å². The van der Waals surface area contributed by atoms with Crippen LogP contribution in [-0.2, 0) is 10.4 Å². The lowest BCUT2D eigenvalue weighted by Crippen LogP contribution is -2.22. The van der Waals surface area contributed by atoms with Gasteiger partial charge in [0, 0.05) is 33.5 Å². The van der Waals surface area contributed by atoms with Crippen LogP contribution in [0, 0.1) is 0 Å². The van der Waals surface area contributed by atoms with Crippen LogP contribution in [0.2, 0.25) is 0 Å². The van der Waals surface area contributed by atoms with E-state index in [1.165, 1.54) is 16.3 Å². The van der Waals surface area contributed by atoms with Crippen LogP contribution >= 0.6 is 0 Å². The summed E-state index contributed by atoms with van der Waals surface area (Å²) < 4.78 is 26.2. The molecule has 0 aliphatic carbocycles. The predicted octanol–water partition coefficient (Wildman–Crippen LogP) is 9.06. The predicted molar refractivity (Wildman–Crippen MR) is 169 cm³/mol. The van der Waals surface area contributed by atoms with Crippen LogP contribution in [-0.4, -0.2) is 16.5 Å². The first-order valence-electron chi connectivity index (χ1n) is 15.5. The molecule has 1 aliphatic rings. The van der Waals surface area contributed by atoms with Crippen LogP contribution in [0.1, 0.15) is 54.4 Å². The average molecular weight is 542 g/mol. The first-order chi connectivity index (χ1) is 21.0. The van der Waals surface area contributed by atoms with Crippen molar-refractivity contribution in [1.29, 1.82) is 0 Å². The summed E-state index contributed by atoms with van der Waals surface area (Å²) in [6, 6.07) is 34.9. The Balaban J connectivity index is 1.34. The van der Waals surface area contributed by atoms with Crippen molar-refractivity contribution in [2.75, 3.05) is 17.1 Å². The van der Waals surface area contributed by atoms with Gasteiger partial charge in [-0.3, -0.25) is 4.57 Å². The molecule has 0 atom stereocenters. The molecule has 0 saturated carbocycles. The fraction of sp³-hybridized carbons (Fsp3) is 0.194. The first-order valence-corrected chi connectivity index (χ1v) is 14.0. The third-order valence-corrected chi connectivity index (χ3v) is 8.35. The Morgan fingerprint density at radius 1 is 0.756 bits per heavy atom. The molecule has 0 unspecified atom stereocenters. The largest absolute Gasteiger partial charge is 0.294 e. The summed E-state index contributed by atoms with van der Waals surface area (Å²) in [6.45, 7) is 6.38. The molecule has 0 amide bonds. The highest BCUT2D eigenvalue weighted by atomic mass is 16.8. The van der Waals surface area contributed by atoms with Gasteiger partial charge in [0.2, 0.25) is 0 Å². The number of pyridine rings is 1. The van der Waals surface area contributed by atoms with Crippen molar-refractivity contribution < 1.29 is 9.05 Å². The normalized spacial score (nSPS) is 14.9. The van der Waals surface area contributed by atoms with Gasteiger partial charge in [0.25, 0.3) is 0 Å². The Morgan fingerprint density at radius 3 is 2.34 bits per heavy atom. The molecule has 0 saturated heterocycles. The molecule has 204 valence electrons. The fourth-order valence-electron chi connectivity index (χ4n) is 5.87. The summed E-state index contributed by atoms with van der Waals surface area (Å²) in [7, 11) is 0. The molecule has 0 spiro atoms. The van der Waals surface area contributed by atoms with E-state index in [2.05, 4.69) is 99.0 Å². The van der Waals surface area contributed by atoms with Gasteiger partial charge in [-0.2, -0.15) is 5.06 Å². The van der Waals surface area contributed by atoms with Gasteiger partial charge in [-0.15, -0.1) is 4.94 Å². The van der Waals surface area contributed by atoms with Crippen molar-refractivity contribution in [3.63, 3.8) is 0 Å². The second-order valence-electron chi connectivity index (χ2n) is 11.5. The van der Waals surface area contributed by atoms with Gasteiger partial charge in [-0.1, -0.05) is 82.3 Å². The number of benzene rings is 4. The molecule has 0 fully saturated rings. The third-order valence-electron chi connectivity index (χ3n) is 8.35. The van der Waals surface area contributed by atoms with Crippen molar-refractivity contribution in [3.8, 4) is 5.82 Å². The Kier molecular flexibility index (Phi) is 5.12. The van der Waals surface area contributed by atoms with Crippen molar-refractivity contribution in [1.82, 2.24) is 9.55 Å². The molecule has 3 heterocycles. The van der Waals surface area contributed by atoms with Crippen LogP contribution < -0.4 is 10.1 Å². The first kappa shape index (κ1) is 22.1. The number of fused-ring (bicyclic) bond motifs is 4. The number of anilines is 3. The van der Waals surface area contributed by atoms with E-state index in [1.807, 2.05) is 36.5 Å². The minimum Gasteiger partial charge on any atom is -0.294 e. The van der Waals surface area contributed by atoms with Crippen LogP contribution in [0.15, 0.2) is 109 Å². The average Bonchev–Trinajstić information content (AvgIpc) is 3.58. The molecule has 6 aromatic rings. The van der Waals surface area contributed by atoms with E-state index in [4.69, 9.17) is 14.0 Å². The van der Waals surface area contributed by atoms with E-state index in [9.17, 15) is 0 Å². The van der Waals surface area contributed by atoms with E-state index in [-0.39, 0.29) is 5.41 Å². The summed E-state index contributed by atoms with van der Waals surface area (Å²) in [5.74, 6) is 1.30. The number of nitrogens with zero attached hydrogens (tertiary/aromatic N) is 4. The number of hydrogen-bond acceptors (Lipinski definition) is 4. The lowest BCUT2D eigenvalue weighted by Gasteiger charge is -2.28. The zero-order valence-electron chi connectivity index (χ0n) is 26.7. The topological polar surface area (TPSA) is 33.5 Å². The molecule has 0 bridgehead atoms. The Morgan fingerprint density at radius 2 is 1.51 bits per heavy atom. The van der Waals surface area contributed by atoms with Gasteiger partial charge in [-0.05, 0) is 71.1 Å². The fourth-order valence-corrected chi connectivity index (χ4v) is 5.87. The standard InChI is InChI=1S/C36H34N4O/c1-24(2)25-19-20-37-35(21-25)39-31-14-7-6-13-29(31)30-18-17-27(23-34(30)39)36(3,4)26-11-10-12-28(22-26)40-33-16-9-8-15-32(33)38(5)41-40/h6-24H,1-5H3/i5D3. The van der Waals surface area contributed by atoms with Crippen molar-refractivity contribution in [3.05, 3.63) is 126 Å². The lowest BCUT2D eigenvalue weighted by molar-refractivity contribution is 0.142. The van der Waals surface area contributed by atoms with Gasteiger partial charge < -0.3 is 0 Å². The van der Waals surface area contributed by atoms with Crippen LogP contribution in [0.3, 0.4) is 0 Å². The summed E-state index contributed by atoms with van der Waals surface area (Å²) >= 11 is 0. The third kappa shape index (κ3) is 4.08. The maximum absolute atomic E-state index is 7.99. The molecule has 2 aromatic heterocycles. The number of hydrogen-bond donors (Lipinski definition) is 0. The van der Waals surface area contributed by atoms with Crippen molar-refractivity contribution >= 4 is 38.9 Å². The van der Waals surface area contributed by atoms with E-state index in [1.54, 1.807) is 11.1 Å². The second kappa shape index (κ2) is 9.50. The van der Waals surface area contributed by atoms with Gasteiger partial charge in [0.05, 0.1) is 28.1 Å². The number of hydroxylamine groups is 1. The van der Waals surface area contributed by atoms with Gasteiger partial charge in [0.15, 0.2) is 0 Å². The van der Waals surface area contributed by atoms with E-state index in [0.717, 1.165) is 38.7 Å². The van der Waals surface area contributed by atoms with Gasteiger partial charge in [-0.25, -0.2) is 10.0 Å². The maximum Gasteiger partial charge on any atom is 0.137 e. The van der Waals surface area contributed by atoms with E-state index in [0.29, 0.717) is 17.3 Å². The molecule has 7 rings (SSSR count). The lowest BCUT2D eigenvalue weighted by atomic mass is 9.77.